The van der Waals surface area contributed by atoms with Gasteiger partial charge < -0.3 is 10.1 Å². The summed E-state index contributed by atoms with van der Waals surface area (Å²) in [4.78, 5) is 1.16. The van der Waals surface area contributed by atoms with Gasteiger partial charge in [-0.2, -0.15) is 0 Å². The number of hydrogen-bond donors (Lipinski definition) is 1. The number of hydrogen-bond acceptors (Lipinski definition) is 3. The normalized spacial score (nSPS) is 14.2. The maximum Gasteiger partial charge on any atom is 0.140 e. The molecule has 0 atom stereocenters. The highest BCUT2D eigenvalue weighted by Gasteiger charge is 2.19. The summed E-state index contributed by atoms with van der Waals surface area (Å²) >= 11 is 1.70. The van der Waals surface area contributed by atoms with E-state index in [2.05, 4.69) is 29.8 Å². The van der Waals surface area contributed by atoms with Gasteiger partial charge in [-0.3, -0.25) is 0 Å². The summed E-state index contributed by atoms with van der Waals surface area (Å²) in [5.41, 5.74) is 1.31. The van der Waals surface area contributed by atoms with Crippen LogP contribution in [0.25, 0.3) is 0 Å². The van der Waals surface area contributed by atoms with Crippen LogP contribution in [0.5, 0.6) is 11.5 Å². The van der Waals surface area contributed by atoms with E-state index in [1.165, 1.54) is 18.4 Å². The lowest BCUT2D eigenvalue weighted by Crippen LogP contribution is -2.14. The van der Waals surface area contributed by atoms with Crippen molar-refractivity contribution >= 4 is 11.8 Å². The number of benzene rings is 2. The number of para-hydroxylation sites is 1. The largest absolute Gasteiger partial charge is 0.456 e. The first-order valence-electron chi connectivity index (χ1n) is 6.98. The molecule has 0 amide bonds. The minimum Gasteiger partial charge on any atom is -0.456 e. The average Bonchev–Trinajstić information content (AvgIpc) is 3.31. The number of thioether (sulfide) groups is 1. The smallest absolute Gasteiger partial charge is 0.140 e. The van der Waals surface area contributed by atoms with E-state index in [0.717, 1.165) is 29.0 Å². The van der Waals surface area contributed by atoms with E-state index in [-0.39, 0.29) is 0 Å². The third-order valence-corrected chi connectivity index (χ3v) is 4.17. The van der Waals surface area contributed by atoms with Crippen LogP contribution < -0.4 is 10.1 Å². The van der Waals surface area contributed by atoms with Crippen LogP contribution in [-0.2, 0) is 6.54 Å². The van der Waals surface area contributed by atoms with Crippen molar-refractivity contribution in [3.05, 3.63) is 54.1 Å². The first-order valence-corrected chi connectivity index (χ1v) is 8.21. The minimum absolute atomic E-state index is 0.749. The van der Waals surface area contributed by atoms with E-state index in [1.54, 1.807) is 11.8 Å². The van der Waals surface area contributed by atoms with Crippen molar-refractivity contribution < 1.29 is 4.74 Å². The van der Waals surface area contributed by atoms with Gasteiger partial charge in [0.05, 0.1) is 0 Å². The van der Waals surface area contributed by atoms with Crippen LogP contribution in [0.3, 0.4) is 0 Å². The molecule has 1 fully saturated rings. The molecule has 20 heavy (non-hydrogen) atoms. The van der Waals surface area contributed by atoms with Crippen molar-refractivity contribution in [3.8, 4) is 11.5 Å². The second-order valence-electron chi connectivity index (χ2n) is 5.05. The fourth-order valence-electron chi connectivity index (χ4n) is 2.06. The summed E-state index contributed by atoms with van der Waals surface area (Å²) in [5.74, 6) is 1.81. The Morgan fingerprint density at radius 3 is 2.55 bits per heavy atom. The first kappa shape index (κ1) is 13.5. The predicted molar refractivity (Wildman–Crippen MR) is 84.6 cm³/mol. The lowest BCUT2D eigenvalue weighted by Gasteiger charge is -2.10. The Balaban J connectivity index is 1.64. The number of nitrogens with one attached hydrogen (secondary N) is 1. The molecule has 0 aromatic heterocycles. The van der Waals surface area contributed by atoms with E-state index >= 15 is 0 Å². The Hall–Kier alpha value is -1.45. The third kappa shape index (κ3) is 3.56. The fourth-order valence-corrected chi connectivity index (χ4v) is 2.58. The topological polar surface area (TPSA) is 21.3 Å². The van der Waals surface area contributed by atoms with E-state index < -0.39 is 0 Å². The zero-order chi connectivity index (χ0) is 13.8. The quantitative estimate of drug-likeness (QED) is 0.792. The molecule has 2 aromatic rings. The van der Waals surface area contributed by atoms with Crippen LogP contribution in [0, 0.1) is 0 Å². The van der Waals surface area contributed by atoms with Gasteiger partial charge in [0.25, 0.3) is 0 Å². The van der Waals surface area contributed by atoms with Crippen LogP contribution in [0.15, 0.2) is 53.4 Å². The molecule has 3 heteroatoms. The van der Waals surface area contributed by atoms with Crippen molar-refractivity contribution in [2.24, 2.45) is 0 Å². The van der Waals surface area contributed by atoms with Gasteiger partial charge in [-0.1, -0.05) is 24.3 Å². The van der Waals surface area contributed by atoms with Crippen LogP contribution in [0.2, 0.25) is 0 Å². The molecular formula is C17H19NOS. The molecule has 0 saturated heterocycles. The zero-order valence-corrected chi connectivity index (χ0v) is 12.5. The highest BCUT2D eigenvalue weighted by molar-refractivity contribution is 7.98. The molecule has 0 heterocycles. The number of ether oxygens (including phenoxy) is 1. The van der Waals surface area contributed by atoms with Crippen LogP contribution in [0.1, 0.15) is 18.4 Å². The van der Waals surface area contributed by atoms with Gasteiger partial charge in [0, 0.05) is 17.5 Å². The van der Waals surface area contributed by atoms with Crippen molar-refractivity contribution in [2.75, 3.05) is 6.26 Å². The molecule has 2 aromatic carbocycles. The molecule has 0 radical (unpaired) electrons. The molecule has 1 aliphatic carbocycles. The summed E-state index contributed by atoms with van der Waals surface area (Å²) in [6, 6.07) is 17.2. The summed E-state index contributed by atoms with van der Waals surface area (Å²) in [5, 5.41) is 3.52. The Morgan fingerprint density at radius 1 is 1.10 bits per heavy atom. The Morgan fingerprint density at radius 2 is 1.85 bits per heavy atom. The fraction of sp³-hybridized carbons (Fsp3) is 0.294. The van der Waals surface area contributed by atoms with Crippen LogP contribution in [0.4, 0.5) is 0 Å². The highest BCUT2D eigenvalue weighted by Crippen LogP contribution is 2.31. The van der Waals surface area contributed by atoms with Crippen LogP contribution in [-0.4, -0.2) is 12.3 Å². The van der Waals surface area contributed by atoms with Gasteiger partial charge in [0.1, 0.15) is 11.5 Å². The molecular weight excluding hydrogens is 266 g/mol. The SMILES string of the molecule is CSc1ccccc1Oc1ccc(CNC2CC2)cc1. The van der Waals surface area contributed by atoms with Gasteiger partial charge in [-0.25, -0.2) is 0 Å². The number of rotatable bonds is 6. The Kier molecular flexibility index (Phi) is 4.28. The van der Waals surface area contributed by atoms with Crippen LogP contribution >= 0.6 is 11.8 Å². The molecule has 1 N–H and O–H groups in total. The Labute approximate surface area is 124 Å². The lowest BCUT2D eigenvalue weighted by atomic mass is 10.2. The molecule has 0 aliphatic heterocycles. The third-order valence-electron chi connectivity index (χ3n) is 3.39. The summed E-state index contributed by atoms with van der Waals surface area (Å²) in [6.45, 7) is 0.951. The maximum atomic E-state index is 5.95. The molecule has 0 bridgehead atoms. The Bertz CT molecular complexity index is 563. The first-order chi connectivity index (χ1) is 9.85. The molecule has 0 unspecified atom stereocenters. The molecule has 2 nitrogen and oxygen atoms in total. The van der Waals surface area contributed by atoms with Crippen molar-refractivity contribution in [1.82, 2.24) is 5.32 Å². The minimum atomic E-state index is 0.749. The van der Waals surface area contributed by atoms with E-state index in [4.69, 9.17) is 4.74 Å². The molecule has 1 aliphatic rings. The van der Waals surface area contributed by atoms with Gasteiger partial charge in [-0.15, -0.1) is 11.8 Å². The summed E-state index contributed by atoms with van der Waals surface area (Å²) in [7, 11) is 0. The van der Waals surface area contributed by atoms with Crippen molar-refractivity contribution in [1.29, 1.82) is 0 Å². The van der Waals surface area contributed by atoms with E-state index in [9.17, 15) is 0 Å². The van der Waals surface area contributed by atoms with E-state index in [1.807, 2.05) is 30.3 Å². The monoisotopic (exact) mass is 285 g/mol. The maximum absolute atomic E-state index is 5.95. The molecule has 0 spiro atoms. The zero-order valence-electron chi connectivity index (χ0n) is 11.6. The average molecular weight is 285 g/mol. The lowest BCUT2D eigenvalue weighted by molar-refractivity contribution is 0.471. The van der Waals surface area contributed by atoms with Gasteiger partial charge in [0.15, 0.2) is 0 Å². The molecule has 3 rings (SSSR count). The van der Waals surface area contributed by atoms with Gasteiger partial charge >= 0.3 is 0 Å². The summed E-state index contributed by atoms with van der Waals surface area (Å²) < 4.78 is 5.95. The second kappa shape index (κ2) is 6.33. The predicted octanol–water partition coefficient (Wildman–Crippen LogP) is 4.45. The van der Waals surface area contributed by atoms with Gasteiger partial charge in [-0.05, 0) is 48.9 Å². The van der Waals surface area contributed by atoms with Crippen molar-refractivity contribution in [3.63, 3.8) is 0 Å². The second-order valence-corrected chi connectivity index (χ2v) is 5.90. The molecule has 104 valence electrons. The van der Waals surface area contributed by atoms with Crippen molar-refractivity contribution in [2.45, 2.75) is 30.3 Å². The molecule has 1 saturated carbocycles. The highest BCUT2D eigenvalue weighted by atomic mass is 32.2. The van der Waals surface area contributed by atoms with E-state index in [0.29, 0.717) is 0 Å². The summed E-state index contributed by atoms with van der Waals surface area (Å²) in [6.07, 6.45) is 4.72. The standard InChI is InChI=1S/C17H19NOS/c1-20-17-5-3-2-4-16(17)19-15-10-6-13(7-11-15)12-18-14-8-9-14/h2-7,10-11,14,18H,8-9,12H2,1H3. The van der Waals surface area contributed by atoms with Gasteiger partial charge in [0.2, 0.25) is 0 Å².